The van der Waals surface area contributed by atoms with Gasteiger partial charge in [-0.25, -0.2) is 13.6 Å². The minimum absolute atomic E-state index is 0.00148. The third-order valence-corrected chi connectivity index (χ3v) is 5.17. The maximum atomic E-state index is 11.7. The zero-order valence-electron chi connectivity index (χ0n) is 10.8. The predicted octanol–water partition coefficient (Wildman–Crippen LogP) is 2.08. The predicted molar refractivity (Wildman–Crippen MR) is 79.8 cm³/mol. The van der Waals surface area contributed by atoms with Crippen molar-refractivity contribution in [2.24, 2.45) is 5.14 Å². The van der Waals surface area contributed by atoms with Crippen molar-refractivity contribution in [2.75, 3.05) is 13.7 Å². The average Bonchev–Trinajstić information content (AvgIpc) is 2.84. The molecule has 7 heteroatoms. The topological polar surface area (TPSA) is 93.2 Å². The van der Waals surface area contributed by atoms with Crippen LogP contribution in [0.2, 0.25) is 0 Å². The maximum Gasteiger partial charge on any atom is 0.248 e. The Labute approximate surface area is 121 Å². The van der Waals surface area contributed by atoms with E-state index < -0.39 is 10.0 Å². The molecule has 0 aliphatic rings. The number of rotatable bonds is 5. The van der Waals surface area contributed by atoms with Crippen molar-refractivity contribution in [3.05, 3.63) is 41.3 Å². The second-order valence-corrected chi connectivity index (χ2v) is 6.77. The molecule has 0 bridgehead atoms. The van der Waals surface area contributed by atoms with Gasteiger partial charge in [-0.2, -0.15) is 0 Å². The molecule has 5 nitrogen and oxygen atoms in total. The van der Waals surface area contributed by atoms with Gasteiger partial charge in [0, 0.05) is 23.6 Å². The Morgan fingerprint density at radius 2 is 2.00 bits per heavy atom. The molecule has 1 aromatic carbocycles. The van der Waals surface area contributed by atoms with Gasteiger partial charge < -0.3 is 10.1 Å². The van der Waals surface area contributed by atoms with Crippen molar-refractivity contribution in [3.8, 4) is 11.1 Å². The minimum Gasteiger partial charge on any atom is -0.378 e. The maximum absolute atomic E-state index is 11.7. The molecule has 0 unspecified atom stereocenters. The summed E-state index contributed by atoms with van der Waals surface area (Å²) in [7, 11) is -2.40. The first-order valence-electron chi connectivity index (χ1n) is 5.71. The van der Waals surface area contributed by atoms with Crippen molar-refractivity contribution < 1.29 is 13.2 Å². The number of nitrogens with one attached hydrogen (secondary N) is 1. The van der Waals surface area contributed by atoms with Crippen LogP contribution < -0.4 is 5.14 Å². The molecule has 1 heterocycles. The first-order valence-corrected chi connectivity index (χ1v) is 8.14. The number of hydrogen-bond donors (Lipinski definition) is 2. The van der Waals surface area contributed by atoms with Crippen molar-refractivity contribution in [2.45, 2.75) is 4.21 Å². The molecule has 0 aliphatic heterocycles. The molecule has 0 amide bonds. The second-order valence-electron chi connectivity index (χ2n) is 4.13. The number of sulfonamides is 1. The van der Waals surface area contributed by atoms with Crippen molar-refractivity contribution in [1.29, 1.82) is 5.41 Å². The molecule has 1 aromatic heterocycles. The Morgan fingerprint density at radius 1 is 1.35 bits per heavy atom. The summed E-state index contributed by atoms with van der Waals surface area (Å²) in [6, 6.07) is 9.30. The molecule has 0 fully saturated rings. The third-order valence-electron chi connectivity index (χ3n) is 2.69. The highest BCUT2D eigenvalue weighted by Gasteiger charge is 2.23. The number of hydrogen-bond acceptors (Lipinski definition) is 5. The zero-order valence-corrected chi connectivity index (χ0v) is 12.4. The molecule has 0 saturated carbocycles. The molecular weight excluding hydrogens is 296 g/mol. The lowest BCUT2D eigenvalue weighted by atomic mass is 10.0. The number of nitrogens with two attached hydrogens (primary N) is 1. The Kier molecular flexibility index (Phi) is 4.34. The van der Waals surface area contributed by atoms with E-state index in [2.05, 4.69) is 0 Å². The van der Waals surface area contributed by atoms with E-state index in [-0.39, 0.29) is 16.5 Å². The summed E-state index contributed by atoms with van der Waals surface area (Å²) in [5.41, 5.74) is 1.94. The SMILES string of the molecule is COCC(=N)c1c(-c2ccccc2)csc1S(N)(=O)=O. The summed E-state index contributed by atoms with van der Waals surface area (Å²) in [6.07, 6.45) is 0. The molecule has 20 heavy (non-hydrogen) atoms. The van der Waals surface area contributed by atoms with Gasteiger partial charge in [0.1, 0.15) is 4.21 Å². The smallest absolute Gasteiger partial charge is 0.248 e. The summed E-state index contributed by atoms with van der Waals surface area (Å²) >= 11 is 1.02. The molecule has 2 rings (SSSR count). The van der Waals surface area contributed by atoms with Crippen LogP contribution in [0.3, 0.4) is 0 Å². The third kappa shape index (κ3) is 2.96. The summed E-state index contributed by atoms with van der Waals surface area (Å²) in [5.74, 6) is 0. The lowest BCUT2D eigenvalue weighted by molar-refractivity contribution is 0.245. The van der Waals surface area contributed by atoms with E-state index in [0.29, 0.717) is 11.1 Å². The highest BCUT2D eigenvalue weighted by atomic mass is 32.2. The van der Waals surface area contributed by atoms with Crippen molar-refractivity contribution in [1.82, 2.24) is 0 Å². The lowest BCUT2D eigenvalue weighted by Crippen LogP contribution is -2.17. The number of thiophene rings is 1. The fourth-order valence-electron chi connectivity index (χ4n) is 1.88. The normalized spacial score (nSPS) is 11.5. The van der Waals surface area contributed by atoms with E-state index in [1.54, 1.807) is 5.38 Å². The van der Waals surface area contributed by atoms with Gasteiger partial charge in [0.05, 0.1) is 12.3 Å². The fraction of sp³-hybridized carbons (Fsp3) is 0.154. The van der Waals surface area contributed by atoms with Gasteiger partial charge in [0.25, 0.3) is 0 Å². The molecule has 0 aliphatic carbocycles. The summed E-state index contributed by atoms with van der Waals surface area (Å²) in [4.78, 5) is 0. The number of ether oxygens (including phenoxy) is 1. The van der Waals surface area contributed by atoms with Crippen LogP contribution in [0.1, 0.15) is 5.56 Å². The van der Waals surface area contributed by atoms with Gasteiger partial charge >= 0.3 is 0 Å². The van der Waals surface area contributed by atoms with E-state index in [1.165, 1.54) is 7.11 Å². The van der Waals surface area contributed by atoms with Crippen molar-refractivity contribution >= 4 is 27.1 Å². The zero-order chi connectivity index (χ0) is 14.8. The minimum atomic E-state index is -3.86. The van der Waals surface area contributed by atoms with E-state index in [9.17, 15) is 8.42 Å². The Morgan fingerprint density at radius 3 is 2.55 bits per heavy atom. The van der Waals surface area contributed by atoms with Crippen molar-refractivity contribution in [3.63, 3.8) is 0 Å². The summed E-state index contributed by atoms with van der Waals surface area (Å²) in [5, 5.41) is 15.0. The molecule has 3 N–H and O–H groups in total. The second kappa shape index (κ2) is 5.84. The van der Waals surface area contributed by atoms with Gasteiger partial charge in [-0.3, -0.25) is 0 Å². The van der Waals surface area contributed by atoms with E-state index in [1.807, 2.05) is 30.3 Å². The Balaban J connectivity index is 2.65. The first-order chi connectivity index (χ1) is 9.45. The van der Waals surface area contributed by atoms with E-state index >= 15 is 0 Å². The Hall–Kier alpha value is -1.54. The largest absolute Gasteiger partial charge is 0.378 e. The first kappa shape index (κ1) is 14.9. The van der Waals surface area contributed by atoms with E-state index in [0.717, 1.165) is 16.9 Å². The van der Waals surface area contributed by atoms with Crippen LogP contribution in [0.4, 0.5) is 0 Å². The highest BCUT2D eigenvalue weighted by molar-refractivity contribution is 7.91. The van der Waals surface area contributed by atoms with Crippen LogP contribution in [-0.4, -0.2) is 27.8 Å². The van der Waals surface area contributed by atoms with Gasteiger partial charge in [-0.05, 0) is 5.56 Å². The number of methoxy groups -OCH3 is 1. The molecule has 106 valence electrons. The molecule has 0 saturated heterocycles. The van der Waals surface area contributed by atoms with Crippen LogP contribution in [0, 0.1) is 5.41 Å². The molecular formula is C13H14N2O3S2. The molecule has 0 radical (unpaired) electrons. The standard InChI is InChI=1S/C13H14N2O3S2/c1-18-7-11(14)12-10(9-5-3-2-4-6-9)8-19-13(12)20(15,16)17/h2-6,8,14H,7H2,1H3,(H2,15,16,17). The van der Waals surface area contributed by atoms with Gasteiger partial charge in [-0.1, -0.05) is 30.3 Å². The molecule has 0 atom stereocenters. The van der Waals surface area contributed by atoms with E-state index in [4.69, 9.17) is 15.3 Å². The van der Waals surface area contributed by atoms with Crippen LogP contribution in [-0.2, 0) is 14.8 Å². The molecule has 0 spiro atoms. The van der Waals surface area contributed by atoms with Crippen LogP contribution in [0.25, 0.3) is 11.1 Å². The van der Waals surface area contributed by atoms with Gasteiger partial charge in [0.2, 0.25) is 10.0 Å². The van der Waals surface area contributed by atoms with Crippen LogP contribution >= 0.6 is 11.3 Å². The quantitative estimate of drug-likeness (QED) is 0.828. The highest BCUT2D eigenvalue weighted by Crippen LogP contribution is 2.34. The molecule has 2 aromatic rings. The van der Waals surface area contributed by atoms with Gasteiger partial charge in [0.15, 0.2) is 0 Å². The number of primary sulfonamides is 1. The number of benzene rings is 1. The van der Waals surface area contributed by atoms with Gasteiger partial charge in [-0.15, -0.1) is 11.3 Å². The lowest BCUT2D eigenvalue weighted by Gasteiger charge is -2.08. The monoisotopic (exact) mass is 310 g/mol. The summed E-state index contributed by atoms with van der Waals surface area (Å²) in [6.45, 7) is 0.0269. The fourth-order valence-corrected chi connectivity index (χ4v) is 3.91. The average molecular weight is 310 g/mol. The Bertz CT molecular complexity index is 721. The van der Waals surface area contributed by atoms with Crippen LogP contribution in [0.15, 0.2) is 39.9 Å². The summed E-state index contributed by atoms with van der Waals surface area (Å²) < 4.78 is 28.2. The van der Waals surface area contributed by atoms with Crippen LogP contribution in [0.5, 0.6) is 0 Å².